The van der Waals surface area contributed by atoms with Crippen molar-refractivity contribution in [2.24, 2.45) is 7.05 Å². The zero-order valence-electron chi connectivity index (χ0n) is 16.6. The van der Waals surface area contributed by atoms with Gasteiger partial charge in [0, 0.05) is 44.9 Å². The summed E-state index contributed by atoms with van der Waals surface area (Å²) >= 11 is 0. The molecule has 0 saturated carbocycles. The van der Waals surface area contributed by atoms with E-state index in [2.05, 4.69) is 19.9 Å². The Labute approximate surface area is 169 Å². The fourth-order valence-corrected chi connectivity index (χ4v) is 3.76. The molecule has 0 saturated heterocycles. The number of nitrogens with zero attached hydrogens (tertiary/aromatic N) is 6. The highest BCUT2D eigenvalue weighted by Gasteiger charge is 2.20. The highest BCUT2D eigenvalue weighted by Crippen LogP contribution is 2.21. The van der Waals surface area contributed by atoms with Crippen molar-refractivity contribution in [3.05, 3.63) is 53.9 Å². The van der Waals surface area contributed by atoms with E-state index in [9.17, 15) is 9.18 Å². The summed E-state index contributed by atoms with van der Waals surface area (Å²) in [7, 11) is 1.81. The Morgan fingerprint density at radius 1 is 1.00 bits per heavy atom. The monoisotopic (exact) mass is 396 g/mol. The fraction of sp³-hybridized carbons (Fsp3) is 0.429. The van der Waals surface area contributed by atoms with Gasteiger partial charge in [0.2, 0.25) is 0 Å². The minimum Gasteiger partial charge on any atom is -0.338 e. The van der Waals surface area contributed by atoms with E-state index < -0.39 is 0 Å². The second-order valence-corrected chi connectivity index (χ2v) is 7.46. The van der Waals surface area contributed by atoms with E-state index in [0.29, 0.717) is 18.5 Å². The van der Waals surface area contributed by atoms with Crippen LogP contribution in [0.4, 0.5) is 4.39 Å². The number of aromatic nitrogens is 5. The lowest BCUT2D eigenvalue weighted by Crippen LogP contribution is -2.34. The second kappa shape index (κ2) is 8.55. The Morgan fingerprint density at radius 2 is 1.76 bits per heavy atom. The molecule has 7 nitrogen and oxygen atoms in total. The lowest BCUT2D eigenvalue weighted by Gasteiger charge is -2.21. The molecule has 0 atom stereocenters. The van der Waals surface area contributed by atoms with Gasteiger partial charge in [-0.15, -0.1) is 10.2 Å². The van der Waals surface area contributed by atoms with Crippen LogP contribution in [0.5, 0.6) is 0 Å². The summed E-state index contributed by atoms with van der Waals surface area (Å²) < 4.78 is 17.1. The van der Waals surface area contributed by atoms with Crippen molar-refractivity contribution < 1.29 is 9.18 Å². The van der Waals surface area contributed by atoms with E-state index >= 15 is 0 Å². The van der Waals surface area contributed by atoms with Crippen molar-refractivity contribution in [1.29, 1.82) is 0 Å². The number of rotatable bonds is 2. The highest BCUT2D eigenvalue weighted by atomic mass is 19.1. The van der Waals surface area contributed by atoms with Crippen molar-refractivity contribution >= 4 is 5.91 Å². The second-order valence-electron chi connectivity index (χ2n) is 7.46. The van der Waals surface area contributed by atoms with Gasteiger partial charge in [-0.1, -0.05) is 12.8 Å². The SMILES string of the molecule is Cn1cc(C(=O)N2CCCCCCn3c(nnc3-c3ccc(F)cc3)CC2)cn1. The summed E-state index contributed by atoms with van der Waals surface area (Å²) in [6, 6.07) is 6.35. The molecule has 1 aliphatic rings. The van der Waals surface area contributed by atoms with E-state index in [0.717, 1.165) is 56.0 Å². The van der Waals surface area contributed by atoms with Crippen molar-refractivity contribution in [2.75, 3.05) is 13.1 Å². The average Bonchev–Trinajstić information content (AvgIpc) is 3.32. The number of aryl methyl sites for hydroxylation is 1. The molecule has 0 fully saturated rings. The number of fused-ring (bicyclic) bond motifs is 1. The Bertz CT molecular complexity index is 977. The van der Waals surface area contributed by atoms with Crippen LogP contribution in [-0.2, 0) is 20.0 Å². The Kier molecular flexibility index (Phi) is 5.69. The van der Waals surface area contributed by atoms with Gasteiger partial charge in [-0.25, -0.2) is 4.39 Å². The molecule has 29 heavy (non-hydrogen) atoms. The maximum absolute atomic E-state index is 13.3. The summed E-state index contributed by atoms with van der Waals surface area (Å²) in [4.78, 5) is 14.8. The first kappa shape index (κ1) is 19.3. The van der Waals surface area contributed by atoms with Crippen LogP contribution in [0.1, 0.15) is 41.9 Å². The van der Waals surface area contributed by atoms with Crippen LogP contribution in [0.15, 0.2) is 36.7 Å². The summed E-state index contributed by atoms with van der Waals surface area (Å²) in [6.07, 6.45) is 8.15. The van der Waals surface area contributed by atoms with Gasteiger partial charge in [0.1, 0.15) is 11.6 Å². The van der Waals surface area contributed by atoms with E-state index in [1.807, 2.05) is 11.9 Å². The number of benzene rings is 1. The van der Waals surface area contributed by atoms with Crippen LogP contribution in [-0.4, -0.2) is 48.4 Å². The number of carbonyl (C=O) groups is 1. The molecule has 0 N–H and O–H groups in total. The number of halogens is 1. The quantitative estimate of drug-likeness (QED) is 0.668. The normalized spacial score (nSPS) is 15.6. The average molecular weight is 396 g/mol. The summed E-state index contributed by atoms with van der Waals surface area (Å²) in [6.45, 7) is 2.13. The van der Waals surface area contributed by atoms with Crippen molar-refractivity contribution in [3.8, 4) is 11.4 Å². The minimum absolute atomic E-state index is 0.00201. The number of hydrogen-bond acceptors (Lipinski definition) is 4. The van der Waals surface area contributed by atoms with Crippen LogP contribution in [0.25, 0.3) is 11.4 Å². The topological polar surface area (TPSA) is 68.8 Å². The minimum atomic E-state index is -0.268. The first-order chi connectivity index (χ1) is 14.1. The predicted molar refractivity (Wildman–Crippen MR) is 107 cm³/mol. The molecule has 152 valence electrons. The van der Waals surface area contributed by atoms with E-state index in [-0.39, 0.29) is 11.7 Å². The molecule has 0 unspecified atom stereocenters. The number of carbonyl (C=O) groups excluding carboxylic acids is 1. The lowest BCUT2D eigenvalue weighted by atomic mass is 10.1. The van der Waals surface area contributed by atoms with Crippen molar-refractivity contribution in [2.45, 2.75) is 38.6 Å². The smallest absolute Gasteiger partial charge is 0.257 e. The van der Waals surface area contributed by atoms with Crippen LogP contribution in [0.2, 0.25) is 0 Å². The van der Waals surface area contributed by atoms with Gasteiger partial charge >= 0.3 is 0 Å². The predicted octanol–water partition coefficient (Wildman–Crippen LogP) is 3.08. The summed E-state index contributed by atoms with van der Waals surface area (Å²) in [5.41, 5.74) is 1.46. The van der Waals surface area contributed by atoms with E-state index in [1.54, 1.807) is 29.2 Å². The molecular formula is C21H25FN6O. The zero-order chi connectivity index (χ0) is 20.2. The van der Waals surface area contributed by atoms with Gasteiger partial charge in [-0.2, -0.15) is 5.10 Å². The molecule has 2 aromatic heterocycles. The molecule has 3 aromatic rings. The van der Waals surface area contributed by atoms with Gasteiger partial charge in [-0.05, 0) is 37.1 Å². The van der Waals surface area contributed by atoms with E-state index in [4.69, 9.17) is 0 Å². The number of amides is 1. The van der Waals surface area contributed by atoms with Gasteiger partial charge in [0.05, 0.1) is 11.8 Å². The molecule has 1 aliphatic heterocycles. The van der Waals surface area contributed by atoms with Gasteiger partial charge in [0.25, 0.3) is 5.91 Å². The van der Waals surface area contributed by atoms with Gasteiger partial charge in [0.15, 0.2) is 5.82 Å². The largest absolute Gasteiger partial charge is 0.338 e. The molecule has 0 bridgehead atoms. The molecule has 4 rings (SSSR count). The molecule has 0 spiro atoms. The highest BCUT2D eigenvalue weighted by molar-refractivity contribution is 5.93. The first-order valence-corrected chi connectivity index (χ1v) is 10.1. The maximum Gasteiger partial charge on any atom is 0.257 e. The Morgan fingerprint density at radius 3 is 2.48 bits per heavy atom. The molecular weight excluding hydrogens is 371 g/mol. The molecule has 1 aromatic carbocycles. The molecule has 0 aliphatic carbocycles. The summed E-state index contributed by atoms with van der Waals surface area (Å²) in [5.74, 6) is 1.34. The molecule has 3 heterocycles. The number of hydrogen-bond donors (Lipinski definition) is 0. The third-order valence-corrected chi connectivity index (χ3v) is 5.33. The van der Waals surface area contributed by atoms with Crippen molar-refractivity contribution in [3.63, 3.8) is 0 Å². The van der Waals surface area contributed by atoms with Gasteiger partial charge < -0.3 is 9.47 Å². The van der Waals surface area contributed by atoms with Crippen LogP contribution < -0.4 is 0 Å². The van der Waals surface area contributed by atoms with Crippen LogP contribution in [0.3, 0.4) is 0 Å². The fourth-order valence-electron chi connectivity index (χ4n) is 3.76. The van der Waals surface area contributed by atoms with Crippen LogP contribution in [0, 0.1) is 5.82 Å². The third-order valence-electron chi connectivity index (χ3n) is 5.33. The van der Waals surface area contributed by atoms with Gasteiger partial charge in [-0.3, -0.25) is 9.48 Å². The maximum atomic E-state index is 13.3. The zero-order valence-corrected chi connectivity index (χ0v) is 16.6. The standard InChI is InChI=1S/C21H25FN6O/c1-26-15-17(14-23-26)21(29)27-11-4-2-3-5-12-28-19(10-13-27)24-25-20(28)16-6-8-18(22)9-7-16/h6-9,14-15H,2-5,10-13H2,1H3. The Hall–Kier alpha value is -3.03. The molecule has 8 heteroatoms. The molecule has 0 radical (unpaired) electrons. The lowest BCUT2D eigenvalue weighted by molar-refractivity contribution is 0.0753. The third kappa shape index (κ3) is 4.36. The Balaban J connectivity index is 1.58. The first-order valence-electron chi connectivity index (χ1n) is 10.1. The van der Waals surface area contributed by atoms with E-state index in [1.165, 1.54) is 12.1 Å². The van der Waals surface area contributed by atoms with Crippen LogP contribution >= 0.6 is 0 Å². The molecule has 1 amide bonds. The summed E-state index contributed by atoms with van der Waals surface area (Å²) in [5, 5.41) is 12.9. The van der Waals surface area contributed by atoms with Crippen molar-refractivity contribution in [1.82, 2.24) is 29.4 Å².